The van der Waals surface area contributed by atoms with Crippen LogP contribution in [0.25, 0.3) is 0 Å². The van der Waals surface area contributed by atoms with Crippen molar-refractivity contribution in [3.63, 3.8) is 0 Å². The van der Waals surface area contributed by atoms with Crippen molar-refractivity contribution in [2.75, 3.05) is 5.32 Å². The molecular formula is C17H18BrNO. The Labute approximate surface area is 128 Å². The first-order valence-electron chi connectivity index (χ1n) is 6.58. The highest BCUT2D eigenvalue weighted by Crippen LogP contribution is 2.20. The zero-order chi connectivity index (χ0) is 14.7. The molecule has 2 aromatic rings. The minimum atomic E-state index is 0.00371. The van der Waals surface area contributed by atoms with Crippen LogP contribution in [0.4, 0.5) is 5.69 Å². The van der Waals surface area contributed by atoms with E-state index in [9.17, 15) is 4.79 Å². The predicted molar refractivity (Wildman–Crippen MR) is 87.1 cm³/mol. The molecule has 0 atom stereocenters. The molecule has 2 rings (SSSR count). The fraction of sp³-hybridized carbons (Fsp3) is 0.235. The van der Waals surface area contributed by atoms with Crippen molar-refractivity contribution in [1.82, 2.24) is 0 Å². The molecule has 0 aliphatic heterocycles. The maximum Gasteiger partial charge on any atom is 0.228 e. The Morgan fingerprint density at radius 1 is 1.00 bits per heavy atom. The third-order valence-electron chi connectivity index (χ3n) is 3.39. The molecule has 0 fully saturated rings. The van der Waals surface area contributed by atoms with Crippen LogP contribution in [-0.2, 0) is 11.2 Å². The SMILES string of the molecule is Cc1ccc(CC(=O)Nc2ccc(C)c(Br)c2)cc1C. The Morgan fingerprint density at radius 3 is 2.35 bits per heavy atom. The molecule has 0 bridgehead atoms. The van der Waals surface area contributed by atoms with E-state index in [1.807, 2.05) is 31.2 Å². The van der Waals surface area contributed by atoms with Crippen LogP contribution in [0.5, 0.6) is 0 Å². The fourth-order valence-electron chi connectivity index (χ4n) is 1.97. The number of nitrogens with one attached hydrogen (secondary N) is 1. The van der Waals surface area contributed by atoms with Crippen LogP contribution in [0.2, 0.25) is 0 Å². The van der Waals surface area contributed by atoms with Crippen molar-refractivity contribution in [3.05, 3.63) is 63.1 Å². The molecule has 104 valence electrons. The number of halogens is 1. The molecule has 0 radical (unpaired) electrons. The summed E-state index contributed by atoms with van der Waals surface area (Å²) in [7, 11) is 0. The molecule has 2 nitrogen and oxygen atoms in total. The average molecular weight is 332 g/mol. The van der Waals surface area contributed by atoms with Crippen LogP contribution < -0.4 is 5.32 Å². The molecule has 0 heterocycles. The van der Waals surface area contributed by atoms with Gasteiger partial charge in [-0.15, -0.1) is 0 Å². The number of anilines is 1. The molecule has 0 saturated carbocycles. The summed E-state index contributed by atoms with van der Waals surface area (Å²) in [4.78, 5) is 12.0. The number of carbonyl (C=O) groups is 1. The van der Waals surface area contributed by atoms with Crippen LogP contribution in [-0.4, -0.2) is 5.91 Å². The highest BCUT2D eigenvalue weighted by Gasteiger charge is 2.06. The van der Waals surface area contributed by atoms with Crippen LogP contribution in [0.3, 0.4) is 0 Å². The summed E-state index contributed by atoms with van der Waals surface area (Å²) < 4.78 is 1.00. The molecule has 0 aliphatic rings. The van der Waals surface area contributed by atoms with Gasteiger partial charge in [-0.2, -0.15) is 0 Å². The standard InChI is InChI=1S/C17H18BrNO/c1-11-4-6-14(8-13(11)3)9-17(20)19-15-7-5-12(2)16(18)10-15/h4-8,10H,9H2,1-3H3,(H,19,20). The first-order chi connectivity index (χ1) is 9.45. The topological polar surface area (TPSA) is 29.1 Å². The lowest BCUT2D eigenvalue weighted by Crippen LogP contribution is -2.14. The summed E-state index contributed by atoms with van der Waals surface area (Å²) in [6.45, 7) is 6.15. The maximum absolute atomic E-state index is 12.0. The molecule has 3 heteroatoms. The largest absolute Gasteiger partial charge is 0.326 e. The van der Waals surface area contributed by atoms with E-state index in [0.717, 1.165) is 21.3 Å². The quantitative estimate of drug-likeness (QED) is 0.877. The van der Waals surface area contributed by atoms with E-state index in [2.05, 4.69) is 47.2 Å². The molecule has 2 aromatic carbocycles. The smallest absolute Gasteiger partial charge is 0.228 e. The number of aryl methyl sites for hydroxylation is 3. The molecular weight excluding hydrogens is 314 g/mol. The Kier molecular flexibility index (Phi) is 4.61. The van der Waals surface area contributed by atoms with Gasteiger partial charge in [0.05, 0.1) is 6.42 Å². The first-order valence-corrected chi connectivity index (χ1v) is 7.37. The highest BCUT2D eigenvalue weighted by atomic mass is 79.9. The molecule has 0 aromatic heterocycles. The van der Waals surface area contributed by atoms with Crippen molar-refractivity contribution in [2.24, 2.45) is 0 Å². The van der Waals surface area contributed by atoms with E-state index >= 15 is 0 Å². The van der Waals surface area contributed by atoms with Gasteiger partial charge in [0.25, 0.3) is 0 Å². The van der Waals surface area contributed by atoms with E-state index in [0.29, 0.717) is 6.42 Å². The second kappa shape index (κ2) is 6.23. The van der Waals surface area contributed by atoms with Crippen LogP contribution in [0.15, 0.2) is 40.9 Å². The lowest BCUT2D eigenvalue weighted by Gasteiger charge is -2.08. The zero-order valence-electron chi connectivity index (χ0n) is 12.0. The second-order valence-electron chi connectivity index (χ2n) is 5.11. The second-order valence-corrected chi connectivity index (χ2v) is 5.96. The molecule has 0 unspecified atom stereocenters. The fourth-order valence-corrected chi connectivity index (χ4v) is 2.35. The number of rotatable bonds is 3. The molecule has 0 aliphatic carbocycles. The maximum atomic E-state index is 12.0. The first kappa shape index (κ1) is 14.8. The normalized spacial score (nSPS) is 10.4. The molecule has 0 spiro atoms. The summed E-state index contributed by atoms with van der Waals surface area (Å²) in [5, 5.41) is 2.92. The summed E-state index contributed by atoms with van der Waals surface area (Å²) >= 11 is 3.47. The van der Waals surface area contributed by atoms with Gasteiger partial charge >= 0.3 is 0 Å². The van der Waals surface area contributed by atoms with E-state index < -0.39 is 0 Å². The summed E-state index contributed by atoms with van der Waals surface area (Å²) in [6.07, 6.45) is 0.395. The van der Waals surface area contributed by atoms with E-state index in [1.165, 1.54) is 11.1 Å². The van der Waals surface area contributed by atoms with Gasteiger partial charge in [0.15, 0.2) is 0 Å². The van der Waals surface area contributed by atoms with Crippen molar-refractivity contribution in [2.45, 2.75) is 27.2 Å². The summed E-state index contributed by atoms with van der Waals surface area (Å²) in [6, 6.07) is 12.0. The van der Waals surface area contributed by atoms with Crippen molar-refractivity contribution < 1.29 is 4.79 Å². The van der Waals surface area contributed by atoms with Gasteiger partial charge in [0.1, 0.15) is 0 Å². The number of carbonyl (C=O) groups excluding carboxylic acids is 1. The van der Waals surface area contributed by atoms with Gasteiger partial charge in [-0.3, -0.25) is 4.79 Å². The van der Waals surface area contributed by atoms with Gasteiger partial charge in [-0.1, -0.05) is 40.2 Å². The van der Waals surface area contributed by atoms with E-state index in [4.69, 9.17) is 0 Å². The van der Waals surface area contributed by atoms with Crippen LogP contribution in [0.1, 0.15) is 22.3 Å². The van der Waals surface area contributed by atoms with Gasteiger partial charge < -0.3 is 5.32 Å². The van der Waals surface area contributed by atoms with Gasteiger partial charge in [0, 0.05) is 10.2 Å². The summed E-state index contributed by atoms with van der Waals surface area (Å²) in [5.74, 6) is 0.00371. The number of amides is 1. The Balaban J connectivity index is 2.04. The molecule has 20 heavy (non-hydrogen) atoms. The summed E-state index contributed by atoms with van der Waals surface area (Å²) in [5.41, 5.74) is 5.47. The Hall–Kier alpha value is -1.61. The minimum Gasteiger partial charge on any atom is -0.326 e. The van der Waals surface area contributed by atoms with Gasteiger partial charge in [-0.05, 0) is 55.2 Å². The highest BCUT2D eigenvalue weighted by molar-refractivity contribution is 9.10. The van der Waals surface area contributed by atoms with E-state index in [-0.39, 0.29) is 5.91 Å². The molecule has 1 N–H and O–H groups in total. The minimum absolute atomic E-state index is 0.00371. The van der Waals surface area contributed by atoms with Crippen molar-refractivity contribution >= 4 is 27.5 Å². The number of benzene rings is 2. The zero-order valence-corrected chi connectivity index (χ0v) is 13.5. The van der Waals surface area contributed by atoms with E-state index in [1.54, 1.807) is 0 Å². The van der Waals surface area contributed by atoms with Crippen molar-refractivity contribution in [3.8, 4) is 0 Å². The Bertz CT molecular complexity index is 594. The van der Waals surface area contributed by atoms with Gasteiger partial charge in [0.2, 0.25) is 5.91 Å². The van der Waals surface area contributed by atoms with Crippen LogP contribution >= 0.6 is 15.9 Å². The van der Waals surface area contributed by atoms with Gasteiger partial charge in [-0.25, -0.2) is 0 Å². The molecule has 0 saturated heterocycles. The Morgan fingerprint density at radius 2 is 1.70 bits per heavy atom. The lowest BCUT2D eigenvalue weighted by atomic mass is 10.0. The monoisotopic (exact) mass is 331 g/mol. The average Bonchev–Trinajstić information content (AvgIpc) is 2.38. The van der Waals surface area contributed by atoms with Crippen LogP contribution in [0, 0.1) is 20.8 Å². The number of hydrogen-bond donors (Lipinski definition) is 1. The third kappa shape index (κ3) is 3.70. The molecule has 1 amide bonds. The number of hydrogen-bond acceptors (Lipinski definition) is 1. The van der Waals surface area contributed by atoms with Crippen molar-refractivity contribution in [1.29, 1.82) is 0 Å². The lowest BCUT2D eigenvalue weighted by molar-refractivity contribution is -0.115. The predicted octanol–water partition coefficient (Wildman–Crippen LogP) is 4.56. The third-order valence-corrected chi connectivity index (χ3v) is 4.25.